The molecule has 2 heterocycles. The fourth-order valence-electron chi connectivity index (χ4n) is 3.87. The van der Waals surface area contributed by atoms with Gasteiger partial charge in [-0.15, -0.1) is 0 Å². The highest BCUT2D eigenvalue weighted by Crippen LogP contribution is 2.42. The van der Waals surface area contributed by atoms with Gasteiger partial charge in [-0.1, -0.05) is 18.2 Å². The molecule has 4 rings (SSSR count). The molecule has 2 atom stereocenters. The summed E-state index contributed by atoms with van der Waals surface area (Å²) in [5.41, 5.74) is 9.44. The van der Waals surface area contributed by atoms with Gasteiger partial charge in [0.1, 0.15) is 5.75 Å². The number of nitrogens with two attached hydrogens (primary N) is 1. The zero-order chi connectivity index (χ0) is 17.4. The number of rotatable bonds is 3. The molecule has 0 aliphatic carbocycles. The zero-order valence-corrected chi connectivity index (χ0v) is 14.1. The van der Waals surface area contributed by atoms with Crippen molar-refractivity contribution in [3.63, 3.8) is 0 Å². The highest BCUT2D eigenvalue weighted by Gasteiger charge is 2.46. The number of nitrogen functional groups attached to an aromatic ring is 1. The third kappa shape index (κ3) is 2.68. The first kappa shape index (κ1) is 15.8. The van der Waals surface area contributed by atoms with Crippen molar-refractivity contribution in [1.82, 2.24) is 5.32 Å². The summed E-state index contributed by atoms with van der Waals surface area (Å²) in [7, 11) is 1.56. The Morgan fingerprint density at radius 3 is 2.96 bits per heavy atom. The molecule has 6 nitrogen and oxygen atoms in total. The van der Waals surface area contributed by atoms with Crippen LogP contribution < -0.4 is 26.4 Å². The predicted molar refractivity (Wildman–Crippen MR) is 99.1 cm³/mol. The molecule has 6 heteroatoms. The van der Waals surface area contributed by atoms with Crippen LogP contribution in [-0.4, -0.2) is 32.1 Å². The number of para-hydroxylation sites is 1. The van der Waals surface area contributed by atoms with E-state index in [0.29, 0.717) is 17.1 Å². The normalized spacial score (nSPS) is 24.0. The smallest absolute Gasteiger partial charge is 0.241 e. The summed E-state index contributed by atoms with van der Waals surface area (Å²) in [5, 5.41) is 9.80. The fraction of sp³-hybridized carbons (Fsp3) is 0.316. The zero-order valence-electron chi connectivity index (χ0n) is 14.1. The molecule has 25 heavy (non-hydrogen) atoms. The van der Waals surface area contributed by atoms with Crippen molar-refractivity contribution in [3.8, 4) is 5.75 Å². The van der Waals surface area contributed by atoms with Crippen molar-refractivity contribution in [3.05, 3.63) is 48.0 Å². The third-order valence-corrected chi connectivity index (χ3v) is 5.20. The summed E-state index contributed by atoms with van der Waals surface area (Å²) in [6.07, 6.45) is 0.764. The number of hydrogen-bond acceptors (Lipinski definition) is 5. The number of fused-ring (bicyclic) bond motifs is 2. The van der Waals surface area contributed by atoms with Crippen LogP contribution in [0.2, 0.25) is 0 Å². The lowest BCUT2D eigenvalue weighted by atomic mass is 9.80. The van der Waals surface area contributed by atoms with Gasteiger partial charge in [0.2, 0.25) is 5.91 Å². The lowest BCUT2D eigenvalue weighted by molar-refractivity contribution is -0.117. The standard InChI is InChI=1S/C19H22N4O2/c1-25-17-8-12(20)6-7-15(17)23-18(24)16-9-19(11-22-16)10-21-14-5-3-2-4-13(14)19/h2-8,16,21-22H,9-11,20H2,1H3,(H,23,24). The van der Waals surface area contributed by atoms with Gasteiger partial charge in [-0.25, -0.2) is 0 Å². The highest BCUT2D eigenvalue weighted by atomic mass is 16.5. The number of anilines is 3. The molecule has 130 valence electrons. The number of carbonyl (C=O) groups is 1. The molecule has 0 radical (unpaired) electrons. The number of methoxy groups -OCH3 is 1. The van der Waals surface area contributed by atoms with Gasteiger partial charge in [-0.05, 0) is 30.2 Å². The highest BCUT2D eigenvalue weighted by molar-refractivity contribution is 5.96. The Hall–Kier alpha value is -2.73. The van der Waals surface area contributed by atoms with Crippen LogP contribution in [0.5, 0.6) is 5.75 Å². The van der Waals surface area contributed by atoms with E-state index in [1.165, 1.54) is 11.3 Å². The van der Waals surface area contributed by atoms with Crippen LogP contribution in [-0.2, 0) is 10.2 Å². The minimum absolute atomic E-state index is 0.0240. The van der Waals surface area contributed by atoms with E-state index in [-0.39, 0.29) is 17.4 Å². The van der Waals surface area contributed by atoms with E-state index in [9.17, 15) is 4.79 Å². The second-order valence-corrected chi connectivity index (χ2v) is 6.77. The molecule has 0 saturated carbocycles. The predicted octanol–water partition coefficient (Wildman–Crippen LogP) is 1.94. The van der Waals surface area contributed by atoms with E-state index in [1.807, 2.05) is 6.07 Å². The van der Waals surface area contributed by atoms with Crippen molar-refractivity contribution in [2.45, 2.75) is 17.9 Å². The maximum absolute atomic E-state index is 12.7. The van der Waals surface area contributed by atoms with Crippen LogP contribution >= 0.6 is 0 Å². The minimum Gasteiger partial charge on any atom is -0.494 e. The molecule has 2 aromatic rings. The first-order valence-electron chi connectivity index (χ1n) is 8.42. The number of amides is 1. The van der Waals surface area contributed by atoms with Gasteiger partial charge >= 0.3 is 0 Å². The SMILES string of the molecule is COc1cc(N)ccc1NC(=O)C1CC2(CNc3ccccc32)CN1. The Labute approximate surface area is 146 Å². The van der Waals surface area contributed by atoms with Crippen LogP contribution in [0.15, 0.2) is 42.5 Å². The first-order chi connectivity index (χ1) is 12.1. The van der Waals surface area contributed by atoms with E-state index >= 15 is 0 Å². The molecule has 2 aliphatic rings. The summed E-state index contributed by atoms with van der Waals surface area (Å²) in [5.74, 6) is 0.512. The van der Waals surface area contributed by atoms with E-state index < -0.39 is 0 Å². The van der Waals surface area contributed by atoms with Gasteiger partial charge in [0.25, 0.3) is 0 Å². The van der Waals surface area contributed by atoms with E-state index in [0.717, 1.165) is 19.5 Å². The summed E-state index contributed by atoms with van der Waals surface area (Å²) >= 11 is 0. The number of carbonyl (C=O) groups excluding carboxylic acids is 1. The second-order valence-electron chi connectivity index (χ2n) is 6.77. The average Bonchev–Trinajstić information content (AvgIpc) is 3.22. The molecule has 1 saturated heterocycles. The van der Waals surface area contributed by atoms with Crippen LogP contribution in [0, 0.1) is 0 Å². The van der Waals surface area contributed by atoms with Crippen molar-refractivity contribution in [2.75, 3.05) is 36.6 Å². The van der Waals surface area contributed by atoms with Gasteiger partial charge in [-0.3, -0.25) is 4.79 Å². The third-order valence-electron chi connectivity index (χ3n) is 5.20. The lowest BCUT2D eigenvalue weighted by Crippen LogP contribution is -2.35. The van der Waals surface area contributed by atoms with Crippen LogP contribution in [0.3, 0.4) is 0 Å². The Bertz CT molecular complexity index is 823. The number of benzene rings is 2. The van der Waals surface area contributed by atoms with Gasteiger partial charge < -0.3 is 26.4 Å². The summed E-state index contributed by atoms with van der Waals surface area (Å²) in [6.45, 7) is 1.64. The fourth-order valence-corrected chi connectivity index (χ4v) is 3.87. The molecule has 2 unspecified atom stereocenters. The second kappa shape index (κ2) is 5.97. The first-order valence-corrected chi connectivity index (χ1v) is 8.42. The van der Waals surface area contributed by atoms with Crippen molar-refractivity contribution < 1.29 is 9.53 Å². The van der Waals surface area contributed by atoms with Gasteiger partial charge in [0.15, 0.2) is 0 Å². The molecule has 1 amide bonds. The van der Waals surface area contributed by atoms with Gasteiger partial charge in [0.05, 0.1) is 18.8 Å². The minimum atomic E-state index is -0.241. The molecule has 0 aromatic heterocycles. The average molecular weight is 338 g/mol. The van der Waals surface area contributed by atoms with E-state index in [2.05, 4.69) is 34.1 Å². The summed E-state index contributed by atoms with van der Waals surface area (Å²) in [6, 6.07) is 13.3. The van der Waals surface area contributed by atoms with Crippen LogP contribution in [0.1, 0.15) is 12.0 Å². The molecule has 1 fully saturated rings. The van der Waals surface area contributed by atoms with E-state index in [1.54, 1.807) is 25.3 Å². The maximum Gasteiger partial charge on any atom is 0.241 e. The van der Waals surface area contributed by atoms with E-state index in [4.69, 9.17) is 10.5 Å². The quantitative estimate of drug-likeness (QED) is 0.643. The lowest BCUT2D eigenvalue weighted by Gasteiger charge is -2.22. The number of nitrogens with one attached hydrogen (secondary N) is 3. The molecule has 2 aromatic carbocycles. The maximum atomic E-state index is 12.7. The molecule has 5 N–H and O–H groups in total. The number of hydrogen-bond donors (Lipinski definition) is 4. The Morgan fingerprint density at radius 2 is 2.12 bits per heavy atom. The summed E-state index contributed by atoms with van der Waals surface area (Å²) < 4.78 is 5.30. The number of ether oxygens (including phenoxy) is 1. The van der Waals surface area contributed by atoms with Crippen molar-refractivity contribution in [1.29, 1.82) is 0 Å². The molecule has 2 aliphatic heterocycles. The Morgan fingerprint density at radius 1 is 1.28 bits per heavy atom. The van der Waals surface area contributed by atoms with Gasteiger partial charge in [0, 0.05) is 35.9 Å². The molecular formula is C19H22N4O2. The van der Waals surface area contributed by atoms with Crippen LogP contribution in [0.25, 0.3) is 0 Å². The molecular weight excluding hydrogens is 316 g/mol. The van der Waals surface area contributed by atoms with Crippen molar-refractivity contribution >= 4 is 23.0 Å². The summed E-state index contributed by atoms with van der Waals surface area (Å²) in [4.78, 5) is 12.7. The van der Waals surface area contributed by atoms with Gasteiger partial charge in [-0.2, -0.15) is 0 Å². The molecule has 0 bridgehead atoms. The monoisotopic (exact) mass is 338 g/mol. The van der Waals surface area contributed by atoms with Crippen molar-refractivity contribution in [2.24, 2.45) is 0 Å². The van der Waals surface area contributed by atoms with Crippen LogP contribution in [0.4, 0.5) is 17.1 Å². The Balaban J connectivity index is 1.50. The molecule has 1 spiro atoms. The largest absolute Gasteiger partial charge is 0.494 e. The topological polar surface area (TPSA) is 88.4 Å². The Kier molecular flexibility index (Phi) is 3.77.